The number of nitrogens with zero attached hydrogens (tertiary/aromatic N) is 11. The van der Waals surface area contributed by atoms with E-state index in [1.165, 1.54) is 22.2 Å². The van der Waals surface area contributed by atoms with E-state index >= 15 is 0 Å². The number of ether oxygens (including phenoxy) is 12. The van der Waals surface area contributed by atoms with Crippen LogP contribution in [0.2, 0.25) is 0 Å². The van der Waals surface area contributed by atoms with Crippen molar-refractivity contribution in [3.05, 3.63) is 87.9 Å². The zero-order chi connectivity index (χ0) is 79.4. The van der Waals surface area contributed by atoms with E-state index < -0.39 is 35.3 Å². The summed E-state index contributed by atoms with van der Waals surface area (Å²) in [7, 11) is 6.32. The van der Waals surface area contributed by atoms with E-state index in [0.717, 1.165) is 12.0 Å². The third-order valence-electron chi connectivity index (χ3n) is 10.5. The number of aromatic nitrogens is 8. The molecule has 17 N–H and O–H groups in total. The van der Waals surface area contributed by atoms with Crippen molar-refractivity contribution in [2.75, 3.05) is 123 Å². The number of carbonyl (C=O) groups excluding carboxylic acids is 8. The molecule has 0 aromatic carbocycles. The number of Topliss-reactive ketones (excluding diaryl/α,β-unsaturated/α-hetero) is 1. The second kappa shape index (κ2) is 67.8. The largest absolute Gasteiger partial charge is 1.00 e. The number of aromatic amines is 1. The predicted octanol–water partition coefficient (Wildman–Crippen LogP) is 0.218. The molecule has 586 valence electrons. The van der Waals surface area contributed by atoms with Crippen molar-refractivity contribution in [3.8, 4) is 24.3 Å². The number of hydrogen-bond acceptors (Lipinski definition) is 38. The molecule has 0 atom stereocenters. The molecule has 0 unspecified atom stereocenters. The first-order valence-electron chi connectivity index (χ1n) is 29.2. The van der Waals surface area contributed by atoms with Gasteiger partial charge in [-0.15, -0.1) is 21.8 Å². The number of alkyl halides is 1. The quantitative estimate of drug-likeness (QED) is 0.00481. The number of anilines is 4. The average molecular weight is 1570 g/mol. The van der Waals surface area contributed by atoms with Gasteiger partial charge in [0.2, 0.25) is 11.5 Å². The van der Waals surface area contributed by atoms with E-state index in [1.54, 1.807) is 111 Å². The number of esters is 4. The molecule has 106 heavy (non-hydrogen) atoms. The molecular formula is C61H94Cl2KN19O23. The van der Waals surface area contributed by atoms with E-state index in [1.807, 2.05) is 6.92 Å². The molecule has 42 nitrogen and oxygen atoms in total. The molecular weight excluding hydrogens is 1480 g/mol. The molecule has 0 spiro atoms. The molecule has 0 amide bonds. The smallest absolute Gasteiger partial charge is 1.00 e. The summed E-state index contributed by atoms with van der Waals surface area (Å²) < 4.78 is 59.9. The van der Waals surface area contributed by atoms with Crippen LogP contribution >= 0.6 is 23.2 Å². The van der Waals surface area contributed by atoms with E-state index in [-0.39, 0.29) is 209 Å². The van der Waals surface area contributed by atoms with Gasteiger partial charge in [0.15, 0.2) is 52.5 Å². The fourth-order valence-electron chi connectivity index (χ4n) is 6.16. The Morgan fingerprint density at radius 2 is 1.14 bits per heavy atom. The van der Waals surface area contributed by atoms with Crippen molar-refractivity contribution in [1.82, 2.24) is 39.4 Å². The molecule has 6 heterocycles. The summed E-state index contributed by atoms with van der Waals surface area (Å²) in [5, 5.41) is 64.6. The van der Waals surface area contributed by atoms with E-state index in [0.29, 0.717) is 49.4 Å². The van der Waals surface area contributed by atoms with Gasteiger partial charge in [0.05, 0.1) is 51.4 Å². The molecule has 1 saturated heterocycles. The summed E-state index contributed by atoms with van der Waals surface area (Å²) >= 11 is 9.85. The summed E-state index contributed by atoms with van der Waals surface area (Å²) in [6.45, 7) is 11.5. The molecule has 5 aromatic rings. The summed E-state index contributed by atoms with van der Waals surface area (Å²) in [4.78, 5) is 99.0. The monoisotopic (exact) mass is 1570 g/mol. The number of nitrogen functional groups attached to an aromatic ring is 4. The molecule has 0 saturated carbocycles. The van der Waals surface area contributed by atoms with Gasteiger partial charge in [-0.3, -0.25) is 9.89 Å². The van der Waals surface area contributed by atoms with Gasteiger partial charge in [-0.1, -0.05) is 21.8 Å². The van der Waals surface area contributed by atoms with E-state index in [4.69, 9.17) is 142 Å². The maximum absolute atomic E-state index is 11.5. The normalized spacial score (nSPS) is 10.3. The van der Waals surface area contributed by atoms with Crippen molar-refractivity contribution in [2.45, 2.75) is 88.2 Å². The minimum atomic E-state index is -1.12. The summed E-state index contributed by atoms with van der Waals surface area (Å²) in [6.07, 6.45) is 7.47. The number of aliphatic hydroxyl groups is 1. The minimum absolute atomic E-state index is 0. The van der Waals surface area contributed by atoms with Gasteiger partial charge in [-0.05, 0) is 53.2 Å². The summed E-state index contributed by atoms with van der Waals surface area (Å²) in [6, 6.07) is 9.95. The number of carbonyl (C=O) groups is 7. The van der Waals surface area contributed by atoms with Gasteiger partial charge in [0.25, 0.3) is 0 Å². The van der Waals surface area contributed by atoms with Crippen LogP contribution in [0.5, 0.6) is 0 Å². The van der Waals surface area contributed by atoms with Crippen LogP contribution in [0.25, 0.3) is 11.3 Å². The second-order valence-electron chi connectivity index (χ2n) is 17.4. The molecule has 0 bridgehead atoms. The number of aromatic carboxylic acids is 1. The predicted molar refractivity (Wildman–Crippen MR) is 375 cm³/mol. The zero-order valence-electron chi connectivity index (χ0n) is 59.7. The number of halogens is 2. The summed E-state index contributed by atoms with van der Waals surface area (Å²) in [5.41, 5.74) is 37.8. The Kier molecular flexibility index (Phi) is 69.8. The molecule has 6 rings (SSSR count). The number of H-pyrrole nitrogens is 1. The Bertz CT molecular complexity index is 3690. The fraction of sp³-hybridized carbons (Fsp3) is 0.459. The standard InChI is InChI=1S/C9H10N4O2.C8H12N2O4.C8H9NO4.C7H6N4O2.C7H11N3O2.C7H16O4.C5H10N4.C4H5NO.C3H4Cl2O2.CO2.2CH4.K.H2.H/c1-2-15-9(14)6-7(10)12-13-5-3-4-11-8(6)13;1-2-13-8(12)6(5-9)7(10)14-4-3-11;1-2-11-7(10)6(5-9)8-12-3-4-13-8;8-5-4(7(12)13)6-9-2-1-3-11(6)10-5;1-2-12-7(11)5(3-8)6(10)4-9;1-8-6(9-2)5-7(10-3)11-4;1-2-3-4(6)8-9-5(3)7;1-4(6)2-3-5;4-1-2-7-3(5)6;2-1-3;;;;;/h3-5H,2H2,1H3,(H2,10,12);11H,2-4,10H2,1H3;2-4H2,1H3;1-3H,(H2,8,10)(H,12,13);2,4,9-10H2,1H3;6-7H,5H2,1-4H3;2H2,1H3,(H5,6,7,8,9);2H2,1H3;1-2H2;;2*1H4;;1H;/q;;;;;;;;;;;;+1;;-1/b;7-6+;;;6-5-;;;;;;;;;;. The van der Waals surface area contributed by atoms with Crippen molar-refractivity contribution in [2.24, 2.45) is 17.2 Å². The maximum Gasteiger partial charge on any atom is 1.00 e. The topological polar surface area (TPSA) is 671 Å². The number of ketones is 1. The van der Waals surface area contributed by atoms with Gasteiger partial charge in [-0.25, -0.2) is 47.8 Å². The minimum Gasteiger partial charge on any atom is -1.00 e. The third-order valence-corrected chi connectivity index (χ3v) is 10.8. The SMILES string of the molecule is C.C.CC(=O)CC#N.CCOC(=O)/C(C#N)=C(\N)CN.CCOC(=O)/C(C#N)=C(\N)OCCO.CCOC(=O)C(C#N)=C1OCCO1.CCOC(=O)c1c(N)nn2cccnc12.CCc1c(N)n[nH]c1N.COC(CC(OC)OC)OC.Nc1nn2cccnc2c1C(=O)O.O=C(Cl)OCCCl.O=C=O.[H-].[HH].[K+]. The Hall–Kier alpha value is -10.3. The Morgan fingerprint density at radius 1 is 0.698 bits per heavy atom. The second-order valence-corrected chi connectivity index (χ2v) is 18.1. The van der Waals surface area contributed by atoms with Crippen LogP contribution in [0.3, 0.4) is 0 Å². The van der Waals surface area contributed by atoms with Gasteiger partial charge >= 0.3 is 98.8 Å². The number of aliphatic hydroxyl groups excluding tert-OH is 1. The molecule has 5 aromatic heterocycles. The number of nitriles is 4. The van der Waals surface area contributed by atoms with Gasteiger partial charge in [0, 0.05) is 90.5 Å². The van der Waals surface area contributed by atoms with Crippen LogP contribution in [0, 0.1) is 45.3 Å². The molecule has 45 heteroatoms. The first-order valence-corrected chi connectivity index (χ1v) is 30.1. The van der Waals surface area contributed by atoms with Crippen molar-refractivity contribution >= 4 is 105 Å². The Labute approximate surface area is 666 Å². The number of carboxylic acids is 1. The zero-order valence-corrected chi connectivity index (χ0v) is 63.3. The van der Waals surface area contributed by atoms with Crippen LogP contribution < -0.4 is 91.5 Å². The molecule has 0 radical (unpaired) electrons. The van der Waals surface area contributed by atoms with Crippen LogP contribution in [0.15, 0.2) is 71.2 Å². The molecule has 1 aliphatic rings. The number of nitrogens with one attached hydrogen (secondary N) is 1. The van der Waals surface area contributed by atoms with Gasteiger partial charge in [-0.2, -0.15) is 35.7 Å². The van der Waals surface area contributed by atoms with Crippen molar-refractivity contribution in [3.63, 3.8) is 0 Å². The van der Waals surface area contributed by atoms with Crippen LogP contribution in [0.4, 0.5) is 28.1 Å². The number of methoxy groups -OCH3 is 4. The number of carboxylic acid groups (broad SMARTS) is 1. The number of rotatable bonds is 23. The Morgan fingerprint density at radius 3 is 1.46 bits per heavy atom. The van der Waals surface area contributed by atoms with Crippen molar-refractivity contribution in [1.29, 1.82) is 21.0 Å². The first kappa shape index (κ1) is 109. The van der Waals surface area contributed by atoms with Gasteiger partial charge in [0.1, 0.15) is 67.4 Å². The number of hydrogen-bond donors (Lipinski definition) is 10. The van der Waals surface area contributed by atoms with E-state index in [2.05, 4.69) is 49.3 Å². The molecule has 1 fully saturated rings. The Balaban J connectivity index is -0.000000146. The van der Waals surface area contributed by atoms with Crippen LogP contribution in [0.1, 0.15) is 98.4 Å². The van der Waals surface area contributed by atoms with E-state index in [9.17, 15) is 33.6 Å². The molecule has 1 aliphatic heterocycles. The number of fused-ring (bicyclic) bond motifs is 2. The average Bonchev–Trinajstić information content (AvgIpc) is 1.66. The molecule has 0 aliphatic carbocycles. The van der Waals surface area contributed by atoms with Crippen molar-refractivity contribution < 1.29 is 164 Å². The summed E-state index contributed by atoms with van der Waals surface area (Å²) in [5.74, 6) is -2.81. The van der Waals surface area contributed by atoms with Crippen LogP contribution in [-0.2, 0) is 92.0 Å². The van der Waals surface area contributed by atoms with Gasteiger partial charge < -0.3 is 109 Å². The van der Waals surface area contributed by atoms with Crippen LogP contribution in [-0.4, -0.2) is 210 Å². The third kappa shape index (κ3) is 45.7. The number of nitrogens with two attached hydrogens (primary N) is 7. The first-order chi connectivity index (χ1) is 49.0. The fourth-order valence-corrected chi connectivity index (χ4v) is 6.31. The maximum atomic E-state index is 11.5.